The maximum atomic E-state index is 11.8. The summed E-state index contributed by atoms with van der Waals surface area (Å²) < 4.78 is 24.1. The van der Waals surface area contributed by atoms with Crippen molar-refractivity contribution in [1.29, 1.82) is 0 Å². The fourth-order valence-corrected chi connectivity index (χ4v) is 6.21. The Kier molecular flexibility index (Phi) is 7.96. The first-order chi connectivity index (χ1) is 20.0. The quantitative estimate of drug-likeness (QED) is 0.286. The average Bonchev–Trinajstić information content (AvgIpc) is 3.59. The Bertz CT molecular complexity index is 1500. The third-order valence-corrected chi connectivity index (χ3v) is 8.43. The number of nitrogens with zero attached hydrogens (tertiary/aromatic N) is 4. The van der Waals surface area contributed by atoms with Crippen molar-refractivity contribution in [3.8, 4) is 22.6 Å². The Morgan fingerprint density at radius 3 is 2.49 bits per heavy atom. The van der Waals surface area contributed by atoms with Gasteiger partial charge < -0.3 is 28.2 Å². The molecule has 0 radical (unpaired) electrons. The van der Waals surface area contributed by atoms with Crippen molar-refractivity contribution in [2.75, 3.05) is 31.8 Å². The predicted molar refractivity (Wildman–Crippen MR) is 157 cm³/mol. The lowest BCUT2D eigenvalue weighted by atomic mass is 9.92. The standard InChI is InChI=1S/C19H23N3O2.C13H15NO3/c1-12-19(13(2)24-21-12)14-4-9-18-17(10-14)20-11-22(18)15-5-7-16(23-3)8-6-15;15-13-3-1-2-6-14(13)10-4-5-11-12(9-10)17-8-7-16-11/h4,9-11,15-16H,5-8H2,1-3H3;4-5,9H,1-3,6-8H2. The van der Waals surface area contributed by atoms with Gasteiger partial charge in [0, 0.05) is 43.4 Å². The Labute approximate surface area is 240 Å². The van der Waals surface area contributed by atoms with E-state index >= 15 is 0 Å². The number of aryl methyl sites for hydroxylation is 2. The third-order valence-electron chi connectivity index (χ3n) is 8.43. The van der Waals surface area contributed by atoms with E-state index in [1.54, 1.807) is 0 Å². The number of hydrogen-bond donors (Lipinski definition) is 0. The minimum Gasteiger partial charge on any atom is -0.486 e. The Morgan fingerprint density at radius 1 is 0.951 bits per heavy atom. The van der Waals surface area contributed by atoms with Crippen molar-refractivity contribution < 1.29 is 23.5 Å². The number of benzene rings is 2. The molecule has 0 N–H and O–H groups in total. The van der Waals surface area contributed by atoms with Crippen molar-refractivity contribution in [3.63, 3.8) is 0 Å². The molecule has 4 aromatic rings. The van der Waals surface area contributed by atoms with Gasteiger partial charge in [-0.05, 0) is 82.2 Å². The fraction of sp³-hybridized carbons (Fsp3) is 0.469. The summed E-state index contributed by atoms with van der Waals surface area (Å²) in [7, 11) is 1.81. The highest BCUT2D eigenvalue weighted by molar-refractivity contribution is 5.94. The van der Waals surface area contributed by atoms with Gasteiger partial charge in [0.1, 0.15) is 19.0 Å². The molecule has 2 fully saturated rings. The van der Waals surface area contributed by atoms with Gasteiger partial charge in [0.2, 0.25) is 5.91 Å². The summed E-state index contributed by atoms with van der Waals surface area (Å²) in [6.07, 6.45) is 9.66. The highest BCUT2D eigenvalue weighted by atomic mass is 16.6. The molecule has 2 aromatic heterocycles. The van der Waals surface area contributed by atoms with E-state index in [9.17, 15) is 4.79 Å². The van der Waals surface area contributed by atoms with E-state index in [2.05, 4.69) is 32.9 Å². The second-order valence-electron chi connectivity index (χ2n) is 11.1. The first-order valence-corrected chi connectivity index (χ1v) is 14.6. The number of rotatable bonds is 4. The van der Waals surface area contributed by atoms with Gasteiger partial charge >= 0.3 is 0 Å². The van der Waals surface area contributed by atoms with E-state index < -0.39 is 0 Å². The molecule has 0 bridgehead atoms. The molecule has 0 unspecified atom stereocenters. The van der Waals surface area contributed by atoms with Crippen LogP contribution in [-0.2, 0) is 9.53 Å². The summed E-state index contributed by atoms with van der Waals surface area (Å²) in [6, 6.07) is 12.7. The number of ether oxygens (including phenoxy) is 3. The topological polar surface area (TPSA) is 91.9 Å². The Balaban J connectivity index is 0.000000156. The molecule has 1 saturated heterocycles. The van der Waals surface area contributed by atoms with Crippen LogP contribution in [0.2, 0.25) is 0 Å². The molecule has 216 valence electrons. The molecule has 9 nitrogen and oxygen atoms in total. The predicted octanol–water partition coefficient (Wildman–Crippen LogP) is 6.41. The summed E-state index contributed by atoms with van der Waals surface area (Å²) >= 11 is 0. The molecule has 3 aliphatic rings. The summed E-state index contributed by atoms with van der Waals surface area (Å²) in [6.45, 7) is 5.90. The molecule has 2 aromatic carbocycles. The molecular weight excluding hydrogens is 520 g/mol. The fourth-order valence-electron chi connectivity index (χ4n) is 6.21. The van der Waals surface area contributed by atoms with Gasteiger partial charge in [0.05, 0.1) is 29.2 Å². The Morgan fingerprint density at radius 2 is 1.76 bits per heavy atom. The van der Waals surface area contributed by atoms with E-state index in [0.717, 1.165) is 90.4 Å². The van der Waals surface area contributed by atoms with Gasteiger partial charge in [0.15, 0.2) is 11.5 Å². The number of methoxy groups -OCH3 is 1. The van der Waals surface area contributed by atoms with E-state index in [1.165, 1.54) is 5.52 Å². The van der Waals surface area contributed by atoms with Gasteiger partial charge in [-0.2, -0.15) is 0 Å². The molecule has 41 heavy (non-hydrogen) atoms. The largest absolute Gasteiger partial charge is 0.486 e. The summed E-state index contributed by atoms with van der Waals surface area (Å²) in [4.78, 5) is 18.3. The number of hydrogen-bond acceptors (Lipinski definition) is 7. The van der Waals surface area contributed by atoms with Crippen LogP contribution in [0.4, 0.5) is 5.69 Å². The maximum absolute atomic E-state index is 11.8. The monoisotopic (exact) mass is 558 g/mol. The average molecular weight is 559 g/mol. The van der Waals surface area contributed by atoms with Crippen LogP contribution in [0, 0.1) is 13.8 Å². The third kappa shape index (κ3) is 5.68. The Hall–Kier alpha value is -3.85. The summed E-state index contributed by atoms with van der Waals surface area (Å²) in [5.74, 6) is 2.56. The number of anilines is 1. The minimum absolute atomic E-state index is 0.202. The van der Waals surface area contributed by atoms with Crippen LogP contribution in [0.25, 0.3) is 22.2 Å². The van der Waals surface area contributed by atoms with Gasteiger partial charge in [-0.25, -0.2) is 4.98 Å². The number of carbonyl (C=O) groups is 1. The molecule has 4 heterocycles. The first-order valence-electron chi connectivity index (χ1n) is 14.6. The molecule has 9 heteroatoms. The molecule has 1 saturated carbocycles. The van der Waals surface area contributed by atoms with Crippen molar-refractivity contribution in [2.24, 2.45) is 0 Å². The van der Waals surface area contributed by atoms with Gasteiger partial charge in [-0.15, -0.1) is 0 Å². The zero-order chi connectivity index (χ0) is 28.3. The zero-order valence-electron chi connectivity index (χ0n) is 24.1. The smallest absolute Gasteiger partial charge is 0.226 e. The van der Waals surface area contributed by atoms with Crippen LogP contribution in [0.1, 0.15) is 62.4 Å². The number of carbonyl (C=O) groups excluding carboxylic acids is 1. The van der Waals surface area contributed by atoms with E-state index in [4.69, 9.17) is 18.7 Å². The summed E-state index contributed by atoms with van der Waals surface area (Å²) in [5.41, 5.74) is 6.26. The van der Waals surface area contributed by atoms with Crippen molar-refractivity contribution in [1.82, 2.24) is 14.7 Å². The second-order valence-corrected chi connectivity index (χ2v) is 11.1. The second kappa shape index (κ2) is 11.9. The lowest BCUT2D eigenvalue weighted by molar-refractivity contribution is -0.119. The van der Waals surface area contributed by atoms with Crippen LogP contribution >= 0.6 is 0 Å². The van der Waals surface area contributed by atoms with E-state index in [-0.39, 0.29) is 5.91 Å². The van der Waals surface area contributed by atoms with Crippen LogP contribution in [0.3, 0.4) is 0 Å². The molecule has 2 aliphatic heterocycles. The molecule has 0 spiro atoms. The van der Waals surface area contributed by atoms with E-state index in [1.807, 2.05) is 50.4 Å². The van der Waals surface area contributed by atoms with Gasteiger partial charge in [-0.1, -0.05) is 11.2 Å². The number of fused-ring (bicyclic) bond motifs is 2. The molecular formula is C32H38N4O5. The van der Waals surface area contributed by atoms with Gasteiger partial charge in [0.25, 0.3) is 0 Å². The summed E-state index contributed by atoms with van der Waals surface area (Å²) in [5, 5.41) is 4.05. The number of piperidine rings is 1. The van der Waals surface area contributed by atoms with Crippen molar-refractivity contribution in [3.05, 3.63) is 54.2 Å². The van der Waals surface area contributed by atoms with Crippen LogP contribution in [-0.4, -0.2) is 53.6 Å². The minimum atomic E-state index is 0.202. The van der Waals surface area contributed by atoms with Crippen molar-refractivity contribution in [2.45, 2.75) is 70.9 Å². The van der Waals surface area contributed by atoms with Gasteiger partial charge in [-0.3, -0.25) is 4.79 Å². The molecule has 1 amide bonds. The lowest BCUT2D eigenvalue weighted by Gasteiger charge is -2.28. The highest BCUT2D eigenvalue weighted by Gasteiger charge is 2.24. The van der Waals surface area contributed by atoms with Crippen LogP contribution in [0.15, 0.2) is 47.2 Å². The lowest BCUT2D eigenvalue weighted by Crippen LogP contribution is -2.35. The SMILES string of the molecule is COC1CCC(n2cnc3cc(-c4c(C)noc4C)ccc32)CC1.O=C1CCCCN1c1ccc2c(c1)OCCO2. The zero-order valence-corrected chi connectivity index (χ0v) is 24.1. The van der Waals surface area contributed by atoms with Crippen LogP contribution in [0.5, 0.6) is 11.5 Å². The first kappa shape index (κ1) is 27.3. The molecule has 0 atom stereocenters. The molecule has 7 rings (SSSR count). The number of aromatic nitrogens is 3. The normalized spacial score (nSPS) is 20.6. The highest BCUT2D eigenvalue weighted by Crippen LogP contribution is 2.36. The van der Waals surface area contributed by atoms with Crippen molar-refractivity contribution >= 4 is 22.6 Å². The number of amides is 1. The maximum Gasteiger partial charge on any atom is 0.226 e. The van der Waals surface area contributed by atoms with E-state index in [0.29, 0.717) is 31.8 Å². The van der Waals surface area contributed by atoms with Crippen LogP contribution < -0.4 is 14.4 Å². The molecule has 1 aliphatic carbocycles. The number of imidazole rings is 1.